The molecule has 2 rings (SSSR count). The summed E-state index contributed by atoms with van der Waals surface area (Å²) in [5, 5.41) is 0. The predicted octanol–water partition coefficient (Wildman–Crippen LogP) is 2.72. The quantitative estimate of drug-likeness (QED) is 0.657. The Kier molecular flexibility index (Phi) is 3.14. The van der Waals surface area contributed by atoms with E-state index in [0.717, 1.165) is 6.54 Å². The molecule has 0 amide bonds. The molecule has 0 aromatic heterocycles. The van der Waals surface area contributed by atoms with Crippen LogP contribution in [0.1, 0.15) is 11.1 Å². The highest BCUT2D eigenvalue weighted by atomic mass is 127. The molecule has 1 aliphatic rings. The van der Waals surface area contributed by atoms with Crippen molar-refractivity contribution in [2.24, 2.45) is 0 Å². The van der Waals surface area contributed by atoms with Crippen LogP contribution < -0.4 is 0 Å². The summed E-state index contributed by atoms with van der Waals surface area (Å²) in [6.45, 7) is 1.03. The lowest BCUT2D eigenvalue weighted by atomic mass is 10.1. The van der Waals surface area contributed by atoms with Crippen LogP contribution in [-0.2, 0) is 6.54 Å². The number of fused-ring (bicyclic) bond motifs is 1. The summed E-state index contributed by atoms with van der Waals surface area (Å²) in [6.07, 6.45) is 4.27. The van der Waals surface area contributed by atoms with E-state index in [2.05, 4.69) is 48.5 Å². The maximum Gasteiger partial charge on any atom is 0.0426 e. The van der Waals surface area contributed by atoms with Gasteiger partial charge in [0, 0.05) is 13.6 Å². The molecule has 0 spiro atoms. The second kappa shape index (κ2) is 3.94. The summed E-state index contributed by atoms with van der Waals surface area (Å²) in [6, 6.07) is 8.49. The van der Waals surface area contributed by atoms with Crippen molar-refractivity contribution >= 4 is 30.1 Å². The molecule has 0 unspecified atom stereocenters. The van der Waals surface area contributed by atoms with Crippen molar-refractivity contribution in [2.45, 2.75) is 6.54 Å². The average molecular weight is 273 g/mol. The van der Waals surface area contributed by atoms with Gasteiger partial charge in [0.25, 0.3) is 0 Å². The zero-order chi connectivity index (χ0) is 7.68. The second-order valence-corrected chi connectivity index (χ2v) is 2.93. The first kappa shape index (κ1) is 9.58. The van der Waals surface area contributed by atoms with Gasteiger partial charge in [-0.05, 0) is 23.4 Å². The molecule has 1 aromatic rings. The van der Waals surface area contributed by atoms with E-state index in [9.17, 15) is 0 Å². The summed E-state index contributed by atoms with van der Waals surface area (Å²) in [4.78, 5) is 2.18. The van der Waals surface area contributed by atoms with Gasteiger partial charge in [-0.15, -0.1) is 24.0 Å². The summed E-state index contributed by atoms with van der Waals surface area (Å²) >= 11 is 0. The lowest BCUT2D eigenvalue weighted by Gasteiger charge is -2.20. The molecule has 0 saturated carbocycles. The van der Waals surface area contributed by atoms with E-state index in [4.69, 9.17) is 0 Å². The molecule has 2 heteroatoms. The van der Waals surface area contributed by atoms with Crippen LogP contribution in [0.5, 0.6) is 0 Å². The van der Waals surface area contributed by atoms with Crippen LogP contribution in [0.15, 0.2) is 30.5 Å². The molecule has 0 N–H and O–H groups in total. The number of halogens is 1. The van der Waals surface area contributed by atoms with Crippen LogP contribution in [0.2, 0.25) is 0 Å². The fraction of sp³-hybridized carbons (Fsp3) is 0.200. The standard InChI is InChI=1S/C10H11N.HI/c1-11-7-6-9-4-2-3-5-10(9)8-11;/h2-7H,8H2,1H3;1H. The molecule has 0 aliphatic carbocycles. The van der Waals surface area contributed by atoms with E-state index >= 15 is 0 Å². The lowest BCUT2D eigenvalue weighted by Crippen LogP contribution is -2.13. The van der Waals surface area contributed by atoms with Gasteiger partial charge < -0.3 is 4.90 Å². The van der Waals surface area contributed by atoms with Gasteiger partial charge in [0.2, 0.25) is 0 Å². The van der Waals surface area contributed by atoms with Gasteiger partial charge >= 0.3 is 0 Å². The zero-order valence-electron chi connectivity index (χ0n) is 7.03. The SMILES string of the molecule is CN1C=Cc2ccccc2C1.I. The maximum atomic E-state index is 2.18. The van der Waals surface area contributed by atoms with E-state index < -0.39 is 0 Å². The lowest BCUT2D eigenvalue weighted by molar-refractivity contribution is 0.448. The molecule has 0 radical (unpaired) electrons. The Morgan fingerprint density at radius 1 is 1.25 bits per heavy atom. The molecule has 1 aliphatic heterocycles. The van der Waals surface area contributed by atoms with Crippen molar-refractivity contribution in [3.8, 4) is 0 Å². The van der Waals surface area contributed by atoms with E-state index in [1.54, 1.807) is 0 Å². The Bertz CT molecular complexity index is 294. The largest absolute Gasteiger partial charge is 0.376 e. The van der Waals surface area contributed by atoms with Gasteiger partial charge in [-0.1, -0.05) is 24.3 Å². The van der Waals surface area contributed by atoms with Crippen LogP contribution in [0, 0.1) is 0 Å². The molecule has 0 fully saturated rings. The van der Waals surface area contributed by atoms with Crippen molar-refractivity contribution < 1.29 is 0 Å². The number of benzene rings is 1. The Morgan fingerprint density at radius 2 is 2.00 bits per heavy atom. The summed E-state index contributed by atoms with van der Waals surface area (Å²) < 4.78 is 0. The summed E-state index contributed by atoms with van der Waals surface area (Å²) in [5.74, 6) is 0. The molecular formula is C10H12IN. The third-order valence-corrected chi connectivity index (χ3v) is 1.98. The molecular weight excluding hydrogens is 261 g/mol. The van der Waals surface area contributed by atoms with Gasteiger partial charge in [-0.2, -0.15) is 0 Å². The highest BCUT2D eigenvalue weighted by Crippen LogP contribution is 2.17. The minimum Gasteiger partial charge on any atom is -0.376 e. The van der Waals surface area contributed by atoms with Gasteiger partial charge in [-0.25, -0.2) is 0 Å². The van der Waals surface area contributed by atoms with Gasteiger partial charge in [0.05, 0.1) is 0 Å². The van der Waals surface area contributed by atoms with Gasteiger partial charge in [0.15, 0.2) is 0 Å². The molecule has 0 bridgehead atoms. The summed E-state index contributed by atoms with van der Waals surface area (Å²) in [7, 11) is 2.09. The number of nitrogens with zero attached hydrogens (tertiary/aromatic N) is 1. The molecule has 0 saturated heterocycles. The van der Waals surface area contributed by atoms with Crippen molar-refractivity contribution in [1.29, 1.82) is 0 Å². The Labute approximate surface area is 90.1 Å². The summed E-state index contributed by atoms with van der Waals surface area (Å²) in [5.41, 5.74) is 2.77. The van der Waals surface area contributed by atoms with Crippen LogP contribution in [0.4, 0.5) is 0 Å². The smallest absolute Gasteiger partial charge is 0.0426 e. The van der Waals surface area contributed by atoms with Gasteiger partial charge in [0.1, 0.15) is 0 Å². The molecule has 64 valence electrons. The third kappa shape index (κ3) is 1.80. The first-order chi connectivity index (χ1) is 5.36. The van der Waals surface area contributed by atoms with E-state index in [1.807, 2.05) is 0 Å². The van der Waals surface area contributed by atoms with E-state index in [-0.39, 0.29) is 24.0 Å². The van der Waals surface area contributed by atoms with Crippen molar-refractivity contribution in [1.82, 2.24) is 4.90 Å². The highest BCUT2D eigenvalue weighted by Gasteiger charge is 2.04. The first-order valence-corrected chi connectivity index (χ1v) is 3.82. The number of rotatable bonds is 0. The van der Waals surface area contributed by atoms with Gasteiger partial charge in [-0.3, -0.25) is 0 Å². The molecule has 1 nitrogen and oxygen atoms in total. The second-order valence-electron chi connectivity index (χ2n) is 2.93. The normalized spacial score (nSPS) is 13.6. The van der Waals surface area contributed by atoms with Crippen LogP contribution in [-0.4, -0.2) is 11.9 Å². The van der Waals surface area contributed by atoms with Crippen molar-refractivity contribution in [2.75, 3.05) is 7.05 Å². The average Bonchev–Trinajstić information content (AvgIpc) is 2.04. The van der Waals surface area contributed by atoms with Crippen LogP contribution in [0.25, 0.3) is 6.08 Å². The minimum atomic E-state index is 0. The number of hydrogen-bond acceptors (Lipinski definition) is 1. The fourth-order valence-corrected chi connectivity index (χ4v) is 1.37. The molecule has 12 heavy (non-hydrogen) atoms. The van der Waals surface area contributed by atoms with E-state index in [0.29, 0.717) is 0 Å². The topological polar surface area (TPSA) is 3.24 Å². The Morgan fingerprint density at radius 3 is 2.83 bits per heavy atom. The molecule has 1 heterocycles. The minimum absolute atomic E-state index is 0. The third-order valence-electron chi connectivity index (χ3n) is 1.98. The fourth-order valence-electron chi connectivity index (χ4n) is 1.37. The van der Waals surface area contributed by atoms with Crippen LogP contribution in [0.3, 0.4) is 0 Å². The maximum absolute atomic E-state index is 2.18. The highest BCUT2D eigenvalue weighted by molar-refractivity contribution is 14.0. The number of hydrogen-bond donors (Lipinski definition) is 0. The molecule has 1 aromatic carbocycles. The van der Waals surface area contributed by atoms with Crippen molar-refractivity contribution in [3.05, 3.63) is 41.6 Å². The predicted molar refractivity (Wildman–Crippen MR) is 62.4 cm³/mol. The first-order valence-electron chi connectivity index (χ1n) is 3.82. The van der Waals surface area contributed by atoms with Crippen LogP contribution >= 0.6 is 24.0 Å². The zero-order valence-corrected chi connectivity index (χ0v) is 9.36. The van der Waals surface area contributed by atoms with E-state index in [1.165, 1.54) is 11.1 Å². The van der Waals surface area contributed by atoms with Crippen molar-refractivity contribution in [3.63, 3.8) is 0 Å². The molecule has 0 atom stereocenters. The Balaban J connectivity index is 0.000000720. The monoisotopic (exact) mass is 273 g/mol. The Hall–Kier alpha value is -0.510.